The van der Waals surface area contributed by atoms with Gasteiger partial charge < -0.3 is 4.74 Å². The highest BCUT2D eigenvalue weighted by atomic mass is 16.5. The minimum Gasteiger partial charge on any atom is -0.424 e. The second kappa shape index (κ2) is 4.80. The number of carbonyl (C=O) groups excluding carboxylic acids is 1. The molecular weight excluding hydrogens is 286 g/mol. The summed E-state index contributed by atoms with van der Waals surface area (Å²) in [5, 5.41) is 1.02. The third-order valence-electron chi connectivity index (χ3n) is 6.27. The quantitative estimate of drug-likeness (QED) is 0.611. The van der Waals surface area contributed by atoms with E-state index in [0.717, 1.165) is 47.9 Å². The van der Waals surface area contributed by atoms with Crippen molar-refractivity contribution in [3.05, 3.63) is 36.5 Å². The normalized spacial score (nSPS) is 34.7. The van der Waals surface area contributed by atoms with Crippen molar-refractivity contribution in [2.45, 2.75) is 38.5 Å². The molecule has 118 valence electrons. The zero-order chi connectivity index (χ0) is 15.4. The van der Waals surface area contributed by atoms with Gasteiger partial charge in [-0.15, -0.1) is 0 Å². The van der Waals surface area contributed by atoms with Crippen molar-refractivity contribution in [3.8, 4) is 5.75 Å². The first kappa shape index (κ1) is 13.5. The molecule has 1 aromatic heterocycles. The Bertz CT molecular complexity index is 742. The van der Waals surface area contributed by atoms with Gasteiger partial charge in [-0.2, -0.15) is 0 Å². The molecule has 1 aromatic carbocycles. The second-order valence-corrected chi connectivity index (χ2v) is 7.92. The minimum absolute atomic E-state index is 0.00486. The number of aromatic nitrogens is 1. The van der Waals surface area contributed by atoms with Gasteiger partial charge in [0.25, 0.3) is 0 Å². The summed E-state index contributed by atoms with van der Waals surface area (Å²) in [6.07, 6.45) is 8.87. The first-order chi connectivity index (χ1) is 11.2. The van der Waals surface area contributed by atoms with Crippen LogP contribution in [0.5, 0.6) is 5.75 Å². The van der Waals surface area contributed by atoms with E-state index < -0.39 is 0 Å². The van der Waals surface area contributed by atoms with Crippen molar-refractivity contribution >= 4 is 16.9 Å². The van der Waals surface area contributed by atoms with E-state index >= 15 is 0 Å². The van der Waals surface area contributed by atoms with E-state index in [-0.39, 0.29) is 11.4 Å². The van der Waals surface area contributed by atoms with E-state index in [0.29, 0.717) is 5.75 Å². The Hall–Kier alpha value is -1.90. The van der Waals surface area contributed by atoms with E-state index in [1.807, 2.05) is 30.3 Å². The first-order valence-electron chi connectivity index (χ1n) is 8.78. The smallest absolute Gasteiger partial charge is 0.317 e. The van der Waals surface area contributed by atoms with Crippen LogP contribution in [0, 0.1) is 23.2 Å². The number of fused-ring (bicyclic) bond motifs is 1. The zero-order valence-electron chi connectivity index (χ0n) is 13.2. The van der Waals surface area contributed by atoms with Crippen LogP contribution >= 0.6 is 0 Å². The van der Waals surface area contributed by atoms with Gasteiger partial charge in [0.1, 0.15) is 5.52 Å². The van der Waals surface area contributed by atoms with Gasteiger partial charge in [-0.25, -0.2) is 0 Å². The number of para-hydroxylation sites is 1. The summed E-state index contributed by atoms with van der Waals surface area (Å²) in [5.41, 5.74) is 0.569. The predicted octanol–water partition coefficient (Wildman–Crippen LogP) is 4.36. The fraction of sp³-hybridized carbons (Fsp3) is 0.500. The highest BCUT2D eigenvalue weighted by molar-refractivity contribution is 5.88. The lowest BCUT2D eigenvalue weighted by Gasteiger charge is -2.55. The minimum atomic E-state index is -0.217. The summed E-state index contributed by atoms with van der Waals surface area (Å²) in [4.78, 5) is 17.5. The monoisotopic (exact) mass is 307 g/mol. The Morgan fingerprint density at radius 3 is 2.35 bits per heavy atom. The molecular formula is C20H21NO2. The van der Waals surface area contributed by atoms with Gasteiger partial charge in [0.05, 0.1) is 5.41 Å². The summed E-state index contributed by atoms with van der Waals surface area (Å²) in [7, 11) is 0. The number of hydrogen-bond donors (Lipinski definition) is 0. The number of nitrogens with zero attached hydrogens (tertiary/aromatic N) is 1. The molecule has 0 N–H and O–H groups in total. The average molecular weight is 307 g/mol. The van der Waals surface area contributed by atoms with Gasteiger partial charge in [0.15, 0.2) is 5.75 Å². The number of carbonyl (C=O) groups is 1. The molecule has 4 saturated carbocycles. The highest BCUT2D eigenvalue weighted by Gasteiger charge is 2.55. The summed E-state index contributed by atoms with van der Waals surface area (Å²) >= 11 is 0. The molecule has 1 heterocycles. The fourth-order valence-corrected chi connectivity index (χ4v) is 5.73. The first-order valence-corrected chi connectivity index (χ1v) is 8.78. The van der Waals surface area contributed by atoms with Crippen molar-refractivity contribution in [1.82, 2.24) is 4.98 Å². The van der Waals surface area contributed by atoms with Crippen LogP contribution in [0.1, 0.15) is 38.5 Å². The Morgan fingerprint density at radius 2 is 1.65 bits per heavy atom. The number of benzene rings is 1. The molecule has 0 atom stereocenters. The van der Waals surface area contributed by atoms with Gasteiger partial charge in [0.2, 0.25) is 0 Å². The van der Waals surface area contributed by atoms with Crippen molar-refractivity contribution in [2.24, 2.45) is 23.2 Å². The largest absolute Gasteiger partial charge is 0.424 e. The van der Waals surface area contributed by atoms with E-state index in [1.165, 1.54) is 19.3 Å². The molecule has 0 spiro atoms. The molecule has 4 aliphatic rings. The van der Waals surface area contributed by atoms with Crippen molar-refractivity contribution in [1.29, 1.82) is 0 Å². The van der Waals surface area contributed by atoms with Crippen LogP contribution in [0.4, 0.5) is 0 Å². The van der Waals surface area contributed by atoms with Gasteiger partial charge >= 0.3 is 5.97 Å². The topological polar surface area (TPSA) is 39.2 Å². The average Bonchev–Trinajstić information content (AvgIpc) is 2.54. The number of hydrogen-bond acceptors (Lipinski definition) is 3. The van der Waals surface area contributed by atoms with E-state index in [2.05, 4.69) is 4.98 Å². The van der Waals surface area contributed by atoms with Crippen LogP contribution < -0.4 is 4.74 Å². The number of rotatable bonds is 2. The summed E-state index contributed by atoms with van der Waals surface area (Å²) in [5.74, 6) is 2.86. The van der Waals surface area contributed by atoms with E-state index in [9.17, 15) is 4.79 Å². The molecule has 6 rings (SSSR count). The van der Waals surface area contributed by atoms with Crippen LogP contribution in [-0.2, 0) is 4.79 Å². The van der Waals surface area contributed by atoms with E-state index in [1.54, 1.807) is 6.20 Å². The molecule has 0 radical (unpaired) electrons. The van der Waals surface area contributed by atoms with Crippen LogP contribution in [-0.4, -0.2) is 11.0 Å². The highest BCUT2D eigenvalue weighted by Crippen LogP contribution is 2.60. The number of ether oxygens (including phenoxy) is 1. The third-order valence-corrected chi connectivity index (χ3v) is 6.27. The third kappa shape index (κ3) is 2.09. The lowest BCUT2D eigenvalue weighted by atomic mass is 9.49. The van der Waals surface area contributed by atoms with Gasteiger partial charge in [-0.1, -0.05) is 18.2 Å². The molecule has 4 bridgehead atoms. The molecule has 3 nitrogen and oxygen atoms in total. The molecule has 0 saturated heterocycles. The van der Waals surface area contributed by atoms with Crippen LogP contribution in [0.3, 0.4) is 0 Å². The maximum Gasteiger partial charge on any atom is 0.317 e. The van der Waals surface area contributed by atoms with E-state index in [4.69, 9.17) is 4.74 Å². The molecule has 23 heavy (non-hydrogen) atoms. The molecule has 3 heteroatoms. The van der Waals surface area contributed by atoms with Gasteiger partial charge in [-0.3, -0.25) is 9.78 Å². The molecule has 4 aliphatic carbocycles. The summed E-state index contributed by atoms with van der Waals surface area (Å²) < 4.78 is 5.91. The zero-order valence-corrected chi connectivity index (χ0v) is 13.2. The number of esters is 1. The second-order valence-electron chi connectivity index (χ2n) is 7.92. The van der Waals surface area contributed by atoms with Crippen molar-refractivity contribution in [2.75, 3.05) is 0 Å². The van der Waals surface area contributed by atoms with Gasteiger partial charge in [-0.05, 0) is 68.4 Å². The fourth-order valence-electron chi connectivity index (χ4n) is 5.73. The summed E-state index contributed by atoms with van der Waals surface area (Å²) in [6.45, 7) is 0. The molecule has 4 fully saturated rings. The molecule has 2 aromatic rings. The van der Waals surface area contributed by atoms with Crippen LogP contribution in [0.2, 0.25) is 0 Å². The standard InChI is InChI=1S/C20H21NO2/c22-19(20-10-13-7-14(11-20)9-15(8-13)12-20)23-17-5-1-3-16-4-2-6-21-18(16)17/h1-6,13-15H,7-12H2. The van der Waals surface area contributed by atoms with Crippen LogP contribution in [0.25, 0.3) is 10.9 Å². The lowest BCUT2D eigenvalue weighted by molar-refractivity contribution is -0.161. The predicted molar refractivity (Wildman–Crippen MR) is 88.0 cm³/mol. The number of pyridine rings is 1. The van der Waals surface area contributed by atoms with Crippen molar-refractivity contribution in [3.63, 3.8) is 0 Å². The summed E-state index contributed by atoms with van der Waals surface area (Å²) in [6, 6.07) is 9.72. The Labute approximate surface area is 136 Å². The molecule has 0 aliphatic heterocycles. The lowest BCUT2D eigenvalue weighted by Crippen LogP contribution is -2.51. The Balaban J connectivity index is 1.47. The van der Waals surface area contributed by atoms with Gasteiger partial charge in [0, 0.05) is 11.6 Å². The maximum atomic E-state index is 13.1. The maximum absolute atomic E-state index is 13.1. The molecule has 0 unspecified atom stereocenters. The molecule has 0 amide bonds. The SMILES string of the molecule is O=C(Oc1cccc2cccnc12)C12CC3CC(CC(C3)C1)C2. The van der Waals surface area contributed by atoms with Crippen LogP contribution in [0.15, 0.2) is 36.5 Å². The Morgan fingerprint density at radius 1 is 1.00 bits per heavy atom. The van der Waals surface area contributed by atoms with Crippen molar-refractivity contribution < 1.29 is 9.53 Å². The Kier molecular flexibility index (Phi) is 2.82.